The van der Waals surface area contributed by atoms with Crippen LogP contribution in [0.25, 0.3) is 140 Å². The first-order valence-electron chi connectivity index (χ1n) is 22.1. The highest BCUT2D eigenvalue weighted by Crippen LogP contribution is 2.70. The van der Waals surface area contributed by atoms with Gasteiger partial charge < -0.3 is 4.74 Å². The summed E-state index contributed by atoms with van der Waals surface area (Å²) in [4.78, 5) is 2.80. The highest BCUT2D eigenvalue weighted by molar-refractivity contribution is 6.63. The van der Waals surface area contributed by atoms with E-state index in [4.69, 9.17) is 4.74 Å². The summed E-state index contributed by atoms with van der Waals surface area (Å²) in [5.74, 6) is 0.420. The molecule has 19 rings (SSSR count). The molecule has 14 aromatic carbocycles. The second-order valence-electron chi connectivity index (χ2n) is 19.1. The second kappa shape index (κ2) is 8.36. The molecule has 1 heterocycles. The van der Waals surface area contributed by atoms with E-state index >= 15 is 0 Å². The minimum atomic E-state index is -0.0827. The first kappa shape index (κ1) is 28.6. The SMILES string of the molecule is CC.CCOCN1CC2C3=c4c5c6c7c(cc8cc9cc%10cc%11cc%12c%13c(c4c4c5c5c7c8c7c9c%10c8c%11c%13c4c8c75)=C(C3)C%12)CC62C1c1cccc2ccccc12. The van der Waals surface area contributed by atoms with E-state index in [1.807, 2.05) is 13.8 Å². The molecular weight excluding hydrogens is 703 g/mol. The van der Waals surface area contributed by atoms with Gasteiger partial charge in [0.15, 0.2) is 0 Å². The number of rotatable bonds is 4. The van der Waals surface area contributed by atoms with Gasteiger partial charge in [0.25, 0.3) is 0 Å². The van der Waals surface area contributed by atoms with Crippen molar-refractivity contribution in [3.63, 3.8) is 0 Å². The van der Waals surface area contributed by atoms with Crippen molar-refractivity contribution in [2.24, 2.45) is 5.92 Å². The van der Waals surface area contributed by atoms with Gasteiger partial charge in [0.2, 0.25) is 0 Å². The van der Waals surface area contributed by atoms with Crippen LogP contribution in [-0.2, 0) is 23.0 Å². The number of benzene rings is 10. The minimum Gasteiger partial charge on any atom is -0.366 e. The third-order valence-corrected chi connectivity index (χ3v) is 17.5. The van der Waals surface area contributed by atoms with Crippen molar-refractivity contribution < 1.29 is 4.74 Å². The van der Waals surface area contributed by atoms with Crippen LogP contribution in [0.3, 0.4) is 0 Å². The van der Waals surface area contributed by atoms with Gasteiger partial charge in [-0.15, -0.1) is 0 Å². The van der Waals surface area contributed by atoms with Gasteiger partial charge >= 0.3 is 0 Å². The lowest BCUT2D eigenvalue weighted by Crippen LogP contribution is -2.44. The van der Waals surface area contributed by atoms with Crippen molar-refractivity contribution in [3.05, 3.63) is 105 Å². The van der Waals surface area contributed by atoms with Gasteiger partial charge in [-0.3, -0.25) is 4.90 Å². The minimum absolute atomic E-state index is 0.0827. The Morgan fingerprint density at radius 1 is 0.569 bits per heavy atom. The molecule has 1 saturated heterocycles. The predicted molar refractivity (Wildman–Crippen MR) is 244 cm³/mol. The van der Waals surface area contributed by atoms with E-state index in [1.165, 1.54) is 37.9 Å². The van der Waals surface area contributed by atoms with E-state index in [2.05, 4.69) is 84.6 Å². The molecule has 0 radical (unpaired) electrons. The lowest BCUT2D eigenvalue weighted by atomic mass is 9.59. The Morgan fingerprint density at radius 3 is 1.93 bits per heavy atom. The number of likely N-dealkylation sites (tertiary alicyclic amines) is 1. The molecule has 0 saturated carbocycles. The maximum atomic E-state index is 6.51. The Morgan fingerprint density at radius 2 is 1.17 bits per heavy atom. The van der Waals surface area contributed by atoms with E-state index in [9.17, 15) is 0 Å². The first-order chi connectivity index (χ1) is 28.7. The Balaban J connectivity index is 0.00000146. The molecule has 0 amide bonds. The van der Waals surface area contributed by atoms with Gasteiger partial charge in [-0.25, -0.2) is 0 Å². The maximum Gasteiger partial charge on any atom is 0.0995 e. The quantitative estimate of drug-likeness (QED) is 0.167. The molecule has 0 bridgehead atoms. The summed E-state index contributed by atoms with van der Waals surface area (Å²) < 4.78 is 6.51. The lowest BCUT2D eigenvalue weighted by molar-refractivity contribution is 0.0199. The summed E-state index contributed by atoms with van der Waals surface area (Å²) in [7, 11) is 0. The Labute approximate surface area is 331 Å². The van der Waals surface area contributed by atoms with E-state index in [1.54, 1.807) is 135 Å². The Hall–Kier alpha value is -5.80. The summed E-state index contributed by atoms with van der Waals surface area (Å²) in [5, 5.41) is 40.8. The van der Waals surface area contributed by atoms with Gasteiger partial charge in [0.1, 0.15) is 0 Å². The Kier molecular flexibility index (Phi) is 4.12. The summed E-state index contributed by atoms with van der Waals surface area (Å²) in [6.45, 7) is 8.61. The monoisotopic (exact) mass is 737 g/mol. The smallest absolute Gasteiger partial charge is 0.0995 e. The number of nitrogens with zero attached hydrogens (tertiary/aromatic N) is 1. The average molecular weight is 738 g/mol. The highest BCUT2D eigenvalue weighted by atomic mass is 16.5. The van der Waals surface area contributed by atoms with E-state index in [0.717, 1.165) is 32.4 Å². The van der Waals surface area contributed by atoms with Crippen LogP contribution in [0.4, 0.5) is 0 Å². The van der Waals surface area contributed by atoms with Crippen LogP contribution in [0, 0.1) is 5.92 Å². The molecule has 5 aliphatic rings. The van der Waals surface area contributed by atoms with Gasteiger partial charge in [0.05, 0.1) is 6.73 Å². The summed E-state index contributed by atoms with van der Waals surface area (Å²) in [5.41, 5.74) is 9.76. The van der Waals surface area contributed by atoms with Crippen LogP contribution in [0.1, 0.15) is 55.5 Å². The zero-order valence-electron chi connectivity index (χ0n) is 32.7. The lowest BCUT2D eigenvalue weighted by Gasteiger charge is -2.43. The predicted octanol–water partition coefficient (Wildman–Crippen LogP) is 12.2. The van der Waals surface area contributed by atoms with Crippen molar-refractivity contribution in [1.82, 2.24) is 4.90 Å². The van der Waals surface area contributed by atoms with Gasteiger partial charge in [-0.05, 0) is 206 Å². The molecule has 14 aromatic rings. The fourth-order valence-electron chi connectivity index (χ4n) is 16.4. The number of hydrogen-bond acceptors (Lipinski definition) is 2. The van der Waals surface area contributed by atoms with Gasteiger partial charge in [-0.2, -0.15) is 0 Å². The molecule has 0 N–H and O–H groups in total. The maximum absolute atomic E-state index is 6.51. The summed E-state index contributed by atoms with van der Waals surface area (Å²) in [6, 6.07) is 29.6. The fraction of sp³-hybridized carbons (Fsp3) is 0.214. The van der Waals surface area contributed by atoms with E-state index in [-0.39, 0.29) is 11.5 Å². The zero-order valence-corrected chi connectivity index (χ0v) is 32.7. The van der Waals surface area contributed by atoms with Crippen molar-refractivity contribution in [2.45, 2.75) is 51.5 Å². The third kappa shape index (κ3) is 2.37. The second-order valence-corrected chi connectivity index (χ2v) is 19.1. The summed E-state index contributed by atoms with van der Waals surface area (Å²) >= 11 is 0. The van der Waals surface area contributed by atoms with Crippen molar-refractivity contribution in [3.8, 4) is 0 Å². The molecule has 1 fully saturated rings. The largest absolute Gasteiger partial charge is 0.366 e. The fourth-order valence-corrected chi connectivity index (χ4v) is 16.4. The van der Waals surface area contributed by atoms with Gasteiger partial charge in [0, 0.05) is 30.5 Å². The molecule has 58 heavy (non-hydrogen) atoms. The normalized spacial score (nSPS) is 22.6. The van der Waals surface area contributed by atoms with E-state index in [0.29, 0.717) is 12.6 Å². The molecular formula is C56H35NO. The number of hydrogen-bond donors (Lipinski definition) is 0. The number of ether oxygens (including phenoxy) is 1. The molecule has 4 aliphatic carbocycles. The molecule has 2 nitrogen and oxygen atoms in total. The topological polar surface area (TPSA) is 12.5 Å². The van der Waals surface area contributed by atoms with Crippen LogP contribution in [-0.4, -0.2) is 24.8 Å². The van der Waals surface area contributed by atoms with Crippen LogP contribution in [0.15, 0.2) is 72.8 Å². The van der Waals surface area contributed by atoms with Crippen molar-refractivity contribution >= 4 is 140 Å². The molecule has 3 unspecified atom stereocenters. The molecule has 3 atom stereocenters. The first-order valence-corrected chi connectivity index (χ1v) is 22.1. The van der Waals surface area contributed by atoms with Crippen LogP contribution in [0.5, 0.6) is 0 Å². The summed E-state index contributed by atoms with van der Waals surface area (Å²) in [6.07, 6.45) is 3.30. The van der Waals surface area contributed by atoms with Crippen LogP contribution < -0.4 is 10.4 Å². The molecule has 1 aliphatic heterocycles. The molecule has 1 spiro atoms. The standard InChI is InChI=1S/C54H29NO.C2H6/c1-2-56-19-55-18-31-30-16-26-14-23-12-24-11-21-10-22-13-25-15-27-17-54(31,53(55)29-9-5-7-20-6-3-4-8-28(20)29)52-38(27)43-37(25)42-33(22)32(21)40-36(24)41-34(23)35(26)44-39(30)51(52)50-48(43)46(42)45(40)47(41)49(44)50;1-2/h3-13,15,31,53H,2,14,16-19H2,1H3;1-2H3. The Bertz CT molecular complexity index is 4330. The number of fused-ring (bicyclic) bond motifs is 2. The van der Waals surface area contributed by atoms with Crippen LogP contribution >= 0.6 is 0 Å². The van der Waals surface area contributed by atoms with Crippen molar-refractivity contribution in [2.75, 3.05) is 19.9 Å². The average Bonchev–Trinajstić information content (AvgIpc) is 4.11. The van der Waals surface area contributed by atoms with Crippen molar-refractivity contribution in [1.29, 1.82) is 0 Å². The third-order valence-electron chi connectivity index (χ3n) is 17.5. The van der Waals surface area contributed by atoms with E-state index < -0.39 is 0 Å². The van der Waals surface area contributed by atoms with Gasteiger partial charge in [-0.1, -0.05) is 79.6 Å². The molecule has 2 heteroatoms. The highest BCUT2D eigenvalue weighted by Gasteiger charge is 2.63. The molecule has 270 valence electrons. The molecule has 0 aromatic heterocycles. The van der Waals surface area contributed by atoms with Crippen LogP contribution in [0.2, 0.25) is 0 Å². The zero-order chi connectivity index (χ0) is 37.1.